The molecule has 0 unspecified atom stereocenters. The molecular weight excluding hydrogens is 234 g/mol. The maximum Gasteiger partial charge on any atom is 0.318 e. The van der Waals surface area contributed by atoms with Gasteiger partial charge in [0.2, 0.25) is 5.91 Å². The van der Waals surface area contributed by atoms with E-state index in [9.17, 15) is 14.4 Å². The first-order valence-electron chi connectivity index (χ1n) is 6.23. The van der Waals surface area contributed by atoms with Crippen LogP contribution < -0.4 is 0 Å². The lowest BCUT2D eigenvalue weighted by atomic mass is 9.88. The Bertz CT molecular complexity index is 410. The highest BCUT2D eigenvalue weighted by Crippen LogP contribution is 2.41. The standard InChI is InChI=1S/C13H19NO4/c1-13(2,3)12(17)14-7-5-6-8(14)10(15)9(7)11(16)18-4/h7-9H,5-6H2,1-4H3/t7-,8-,9+/m1/s1. The Kier molecular flexibility index (Phi) is 2.95. The van der Waals surface area contributed by atoms with Gasteiger partial charge in [-0.3, -0.25) is 14.4 Å². The van der Waals surface area contributed by atoms with Crippen LogP contribution in [-0.4, -0.2) is 41.8 Å². The van der Waals surface area contributed by atoms with Crippen molar-refractivity contribution >= 4 is 17.7 Å². The zero-order chi connectivity index (χ0) is 13.7. The lowest BCUT2D eigenvalue weighted by molar-refractivity contribution is -0.149. The molecule has 2 rings (SSSR count). The highest BCUT2D eigenvalue weighted by atomic mass is 16.5. The summed E-state index contributed by atoms with van der Waals surface area (Å²) in [4.78, 5) is 37.7. The third-order valence-corrected chi connectivity index (χ3v) is 3.78. The molecule has 0 saturated carbocycles. The summed E-state index contributed by atoms with van der Waals surface area (Å²) in [6.07, 6.45) is 1.37. The topological polar surface area (TPSA) is 63.7 Å². The van der Waals surface area contributed by atoms with Crippen molar-refractivity contribution in [2.45, 2.75) is 45.7 Å². The van der Waals surface area contributed by atoms with Crippen molar-refractivity contribution < 1.29 is 19.1 Å². The van der Waals surface area contributed by atoms with Crippen LogP contribution in [0.3, 0.4) is 0 Å². The second-order valence-electron chi connectivity index (χ2n) is 6.03. The van der Waals surface area contributed by atoms with Gasteiger partial charge in [0.15, 0.2) is 5.78 Å². The van der Waals surface area contributed by atoms with E-state index >= 15 is 0 Å². The first-order valence-corrected chi connectivity index (χ1v) is 6.23. The lowest BCUT2D eigenvalue weighted by Crippen LogP contribution is -2.44. The average Bonchev–Trinajstić information content (AvgIpc) is 2.81. The van der Waals surface area contributed by atoms with E-state index in [1.807, 2.05) is 20.8 Å². The molecule has 5 heteroatoms. The van der Waals surface area contributed by atoms with Crippen molar-refractivity contribution in [2.24, 2.45) is 11.3 Å². The molecule has 1 amide bonds. The molecule has 18 heavy (non-hydrogen) atoms. The van der Waals surface area contributed by atoms with E-state index in [-0.39, 0.29) is 17.7 Å². The van der Waals surface area contributed by atoms with E-state index in [4.69, 9.17) is 0 Å². The molecule has 0 spiro atoms. The highest BCUT2D eigenvalue weighted by molar-refractivity contribution is 6.07. The SMILES string of the molecule is COC(=O)[C@@H]1C(=O)[C@H]2CC[C@H]1N2C(=O)C(C)(C)C. The van der Waals surface area contributed by atoms with Crippen LogP contribution in [0.4, 0.5) is 0 Å². The number of Topliss-reactive ketones (excluding diaryl/α,β-unsaturated/α-hetero) is 1. The van der Waals surface area contributed by atoms with Gasteiger partial charge in [0.05, 0.1) is 19.2 Å². The van der Waals surface area contributed by atoms with Crippen LogP contribution in [0.1, 0.15) is 33.6 Å². The summed E-state index contributed by atoms with van der Waals surface area (Å²) in [6.45, 7) is 5.47. The number of ketones is 1. The molecule has 2 aliphatic rings. The minimum atomic E-state index is -0.778. The Balaban J connectivity index is 2.29. The molecular formula is C13H19NO4. The Morgan fingerprint density at radius 2 is 1.89 bits per heavy atom. The Hall–Kier alpha value is -1.39. The first-order chi connectivity index (χ1) is 8.29. The number of fused-ring (bicyclic) bond motifs is 2. The van der Waals surface area contributed by atoms with Crippen molar-refractivity contribution in [2.75, 3.05) is 7.11 Å². The third-order valence-electron chi connectivity index (χ3n) is 3.78. The molecule has 0 aromatic carbocycles. The maximum atomic E-state index is 12.4. The monoisotopic (exact) mass is 253 g/mol. The quantitative estimate of drug-likeness (QED) is 0.511. The summed E-state index contributed by atoms with van der Waals surface area (Å²) in [5.74, 6) is -1.51. The molecule has 0 aromatic rings. The number of carbonyl (C=O) groups excluding carboxylic acids is 3. The van der Waals surface area contributed by atoms with Crippen molar-refractivity contribution in [3.63, 3.8) is 0 Å². The van der Waals surface area contributed by atoms with Crippen molar-refractivity contribution in [1.82, 2.24) is 4.90 Å². The van der Waals surface area contributed by atoms with E-state index in [0.717, 1.165) is 0 Å². The minimum absolute atomic E-state index is 0.0604. The average molecular weight is 253 g/mol. The van der Waals surface area contributed by atoms with E-state index in [1.54, 1.807) is 4.90 Å². The number of amides is 1. The van der Waals surface area contributed by atoms with Gasteiger partial charge < -0.3 is 9.64 Å². The Labute approximate surface area is 106 Å². The number of rotatable bonds is 1. The van der Waals surface area contributed by atoms with Gasteiger partial charge in [-0.05, 0) is 12.8 Å². The summed E-state index contributed by atoms with van der Waals surface area (Å²) in [7, 11) is 1.28. The molecule has 5 nitrogen and oxygen atoms in total. The molecule has 0 N–H and O–H groups in total. The number of hydrogen-bond acceptors (Lipinski definition) is 4. The second-order valence-corrected chi connectivity index (χ2v) is 6.03. The largest absolute Gasteiger partial charge is 0.468 e. The summed E-state index contributed by atoms with van der Waals surface area (Å²) >= 11 is 0. The van der Waals surface area contributed by atoms with Crippen molar-refractivity contribution in [1.29, 1.82) is 0 Å². The molecule has 2 heterocycles. The molecule has 3 atom stereocenters. The van der Waals surface area contributed by atoms with E-state index in [1.165, 1.54) is 7.11 Å². The maximum absolute atomic E-state index is 12.4. The predicted octanol–water partition coefficient (Wildman–Crippen LogP) is 0.764. The molecule has 0 aliphatic carbocycles. The van der Waals surface area contributed by atoms with Crippen LogP contribution in [0.2, 0.25) is 0 Å². The smallest absolute Gasteiger partial charge is 0.318 e. The third kappa shape index (κ3) is 1.72. The van der Waals surface area contributed by atoms with Gasteiger partial charge in [-0.25, -0.2) is 0 Å². The van der Waals surface area contributed by atoms with Crippen LogP contribution in [0.25, 0.3) is 0 Å². The first kappa shape index (κ1) is 13.1. The number of methoxy groups -OCH3 is 1. The highest BCUT2D eigenvalue weighted by Gasteiger charge is 2.58. The molecule has 100 valence electrons. The molecule has 2 aliphatic heterocycles. The molecule has 0 radical (unpaired) electrons. The van der Waals surface area contributed by atoms with Gasteiger partial charge in [-0.15, -0.1) is 0 Å². The van der Waals surface area contributed by atoms with E-state index < -0.39 is 23.3 Å². The summed E-state index contributed by atoms with van der Waals surface area (Å²) in [5.41, 5.74) is -0.536. The van der Waals surface area contributed by atoms with Gasteiger partial charge in [-0.1, -0.05) is 20.8 Å². The fraction of sp³-hybridized carbons (Fsp3) is 0.769. The zero-order valence-electron chi connectivity index (χ0n) is 11.2. The summed E-state index contributed by atoms with van der Waals surface area (Å²) in [5, 5.41) is 0. The molecule has 2 bridgehead atoms. The molecule has 0 aromatic heterocycles. The fourth-order valence-electron chi connectivity index (χ4n) is 2.92. The summed E-state index contributed by atoms with van der Waals surface area (Å²) in [6, 6.07) is -0.729. The zero-order valence-corrected chi connectivity index (χ0v) is 11.2. The molecule has 2 fully saturated rings. The van der Waals surface area contributed by atoms with Crippen LogP contribution >= 0.6 is 0 Å². The van der Waals surface area contributed by atoms with Crippen LogP contribution in [0.5, 0.6) is 0 Å². The van der Waals surface area contributed by atoms with Crippen LogP contribution in [0.15, 0.2) is 0 Å². The number of ether oxygens (including phenoxy) is 1. The predicted molar refractivity (Wildman–Crippen MR) is 63.6 cm³/mol. The van der Waals surface area contributed by atoms with Gasteiger partial charge >= 0.3 is 5.97 Å². The Morgan fingerprint density at radius 3 is 2.39 bits per heavy atom. The normalized spacial score (nSPS) is 30.8. The Morgan fingerprint density at radius 1 is 1.28 bits per heavy atom. The van der Waals surface area contributed by atoms with Gasteiger partial charge in [0, 0.05) is 5.41 Å². The van der Waals surface area contributed by atoms with Gasteiger partial charge in [0.25, 0.3) is 0 Å². The number of carbonyl (C=O) groups is 3. The number of hydrogen-bond donors (Lipinski definition) is 0. The van der Waals surface area contributed by atoms with E-state index in [2.05, 4.69) is 4.74 Å². The second kappa shape index (κ2) is 4.07. The summed E-state index contributed by atoms with van der Waals surface area (Å²) < 4.78 is 4.67. The lowest BCUT2D eigenvalue weighted by Gasteiger charge is -2.29. The van der Waals surface area contributed by atoms with Gasteiger partial charge in [0.1, 0.15) is 5.92 Å². The van der Waals surface area contributed by atoms with Crippen molar-refractivity contribution in [3.05, 3.63) is 0 Å². The van der Waals surface area contributed by atoms with Crippen molar-refractivity contribution in [3.8, 4) is 0 Å². The van der Waals surface area contributed by atoms with Crippen LogP contribution in [0, 0.1) is 11.3 Å². The number of esters is 1. The minimum Gasteiger partial charge on any atom is -0.468 e. The van der Waals surface area contributed by atoms with Gasteiger partial charge in [-0.2, -0.15) is 0 Å². The van der Waals surface area contributed by atoms with Crippen LogP contribution in [-0.2, 0) is 19.1 Å². The number of nitrogens with zero attached hydrogens (tertiary/aromatic N) is 1. The van der Waals surface area contributed by atoms with E-state index in [0.29, 0.717) is 12.8 Å². The molecule has 2 saturated heterocycles. The fourth-order valence-corrected chi connectivity index (χ4v) is 2.92.